The van der Waals surface area contributed by atoms with Crippen LogP contribution in [-0.2, 0) is 22.6 Å². The van der Waals surface area contributed by atoms with Crippen LogP contribution in [0, 0.1) is 0 Å². The molecule has 0 atom stereocenters. The van der Waals surface area contributed by atoms with E-state index in [9.17, 15) is 22.9 Å². The molecule has 0 saturated carbocycles. The minimum Gasteiger partial charge on any atom is -0.506 e. The fourth-order valence-corrected chi connectivity index (χ4v) is 3.60. The quantitative estimate of drug-likeness (QED) is 0.453. The van der Waals surface area contributed by atoms with Crippen molar-refractivity contribution in [1.29, 1.82) is 0 Å². The van der Waals surface area contributed by atoms with Gasteiger partial charge >= 0.3 is 0 Å². The van der Waals surface area contributed by atoms with Crippen molar-refractivity contribution in [2.45, 2.75) is 31.1 Å². The average Bonchev–Trinajstić information content (AvgIpc) is 2.88. The number of phenols is 1. The number of phenolic OH excluding ortho intramolecular Hbond substituents is 1. The lowest BCUT2D eigenvalue weighted by atomic mass is 9.91. The number of benzene rings is 2. The van der Waals surface area contributed by atoms with E-state index in [1.165, 1.54) is 16.8 Å². The number of fused-ring (bicyclic) bond motifs is 1. The van der Waals surface area contributed by atoms with E-state index in [1.807, 2.05) is 20.8 Å². The van der Waals surface area contributed by atoms with Gasteiger partial charge in [-0.1, -0.05) is 45.0 Å². The van der Waals surface area contributed by atoms with Gasteiger partial charge in [-0.15, -0.1) is 10.2 Å². The number of azo groups is 1. The first-order valence-corrected chi connectivity index (χ1v) is 9.78. The molecule has 28 heavy (non-hydrogen) atoms. The van der Waals surface area contributed by atoms with Crippen LogP contribution >= 0.6 is 0 Å². The largest absolute Gasteiger partial charge is 0.506 e. The molecule has 0 spiro atoms. The summed E-state index contributed by atoms with van der Waals surface area (Å²) in [5.74, 6) is -0.486. The molecule has 9 nitrogen and oxygen atoms in total. The molecule has 0 aliphatic carbocycles. The van der Waals surface area contributed by atoms with Crippen LogP contribution in [0.1, 0.15) is 26.5 Å². The van der Waals surface area contributed by atoms with E-state index in [4.69, 9.17) is 0 Å². The number of rotatable bonds is 3. The molecule has 3 N–H and O–H groups in total. The van der Waals surface area contributed by atoms with E-state index >= 15 is 0 Å². The number of aromatic nitrogens is 2. The number of nitrogens with zero attached hydrogens (tertiary/aromatic N) is 3. The Kier molecular flexibility index (Phi) is 4.64. The van der Waals surface area contributed by atoms with Gasteiger partial charge in [0.05, 0.1) is 5.69 Å². The van der Waals surface area contributed by atoms with Crippen molar-refractivity contribution in [3.8, 4) is 5.75 Å². The third-order valence-corrected chi connectivity index (χ3v) is 5.15. The Hall–Kier alpha value is -2.98. The first-order valence-electron chi connectivity index (χ1n) is 8.34. The molecule has 0 radical (unpaired) electrons. The number of nitrogens with one attached hydrogen (secondary N) is 1. The van der Waals surface area contributed by atoms with Gasteiger partial charge in [0.15, 0.2) is 5.69 Å². The molecule has 0 unspecified atom stereocenters. The summed E-state index contributed by atoms with van der Waals surface area (Å²) in [4.78, 5) is 12.0. The summed E-state index contributed by atoms with van der Waals surface area (Å²) in [6.45, 7) is 5.72. The first-order chi connectivity index (χ1) is 12.9. The van der Waals surface area contributed by atoms with Crippen LogP contribution in [0.15, 0.2) is 50.3 Å². The summed E-state index contributed by atoms with van der Waals surface area (Å²) < 4.78 is 34.0. The van der Waals surface area contributed by atoms with Crippen molar-refractivity contribution in [3.05, 3.63) is 46.4 Å². The minimum absolute atomic E-state index is 0.00823. The Bertz CT molecular complexity index is 1260. The van der Waals surface area contributed by atoms with E-state index in [0.717, 1.165) is 6.07 Å². The Labute approximate surface area is 161 Å². The molecule has 1 aromatic heterocycles. The Morgan fingerprint density at radius 1 is 1.07 bits per heavy atom. The van der Waals surface area contributed by atoms with Gasteiger partial charge in [0, 0.05) is 29.3 Å². The fraction of sp³-hybridized carbons (Fsp3) is 0.278. The zero-order valence-corrected chi connectivity index (χ0v) is 16.6. The number of H-pyrrole nitrogens is 1. The summed E-state index contributed by atoms with van der Waals surface area (Å²) in [5.41, 5.74) is -0.133. The van der Waals surface area contributed by atoms with Crippen LogP contribution in [0.25, 0.3) is 10.8 Å². The highest BCUT2D eigenvalue weighted by Gasteiger charge is 2.24. The molecule has 0 fully saturated rings. The van der Waals surface area contributed by atoms with E-state index in [2.05, 4.69) is 15.3 Å². The Balaban J connectivity index is 2.26. The number of aryl methyl sites for hydroxylation is 1. The van der Waals surface area contributed by atoms with Crippen molar-refractivity contribution in [2.75, 3.05) is 0 Å². The first kappa shape index (κ1) is 19.8. The van der Waals surface area contributed by atoms with Crippen LogP contribution in [0.4, 0.5) is 11.4 Å². The SMILES string of the molecule is Cn1[nH]c(C(C)(C)C)c(N=Nc2c(O)cc(S(=O)(=O)O)c3ccccc23)c1=O. The molecule has 0 amide bonds. The van der Waals surface area contributed by atoms with Crippen LogP contribution in [0.2, 0.25) is 0 Å². The van der Waals surface area contributed by atoms with Crippen molar-refractivity contribution in [3.63, 3.8) is 0 Å². The summed E-state index contributed by atoms with van der Waals surface area (Å²) in [6, 6.07) is 7.15. The van der Waals surface area contributed by atoms with Crippen LogP contribution in [-0.4, -0.2) is 27.9 Å². The number of hydrogen-bond donors (Lipinski definition) is 3. The molecule has 1 heterocycles. The lowest BCUT2D eigenvalue weighted by molar-refractivity contribution is 0.468. The Morgan fingerprint density at radius 3 is 2.21 bits per heavy atom. The minimum atomic E-state index is -4.56. The van der Waals surface area contributed by atoms with Gasteiger partial charge in [0.1, 0.15) is 16.3 Å². The summed E-state index contributed by atoms with van der Waals surface area (Å²) >= 11 is 0. The van der Waals surface area contributed by atoms with Crippen LogP contribution in [0.5, 0.6) is 5.75 Å². The summed E-state index contributed by atoms with van der Waals surface area (Å²) in [5, 5.41) is 21.8. The smallest absolute Gasteiger partial charge is 0.295 e. The van der Waals surface area contributed by atoms with Gasteiger partial charge in [-0.3, -0.25) is 19.1 Å². The lowest BCUT2D eigenvalue weighted by Crippen LogP contribution is -2.12. The van der Waals surface area contributed by atoms with Gasteiger partial charge in [0.25, 0.3) is 15.7 Å². The number of hydrogen-bond acceptors (Lipinski definition) is 6. The summed E-state index contributed by atoms with van der Waals surface area (Å²) in [6.07, 6.45) is 0. The fourth-order valence-electron chi connectivity index (χ4n) is 2.88. The predicted octanol–water partition coefficient (Wildman–Crippen LogP) is 3.53. The van der Waals surface area contributed by atoms with E-state index in [1.54, 1.807) is 19.2 Å². The normalized spacial score (nSPS) is 12.9. The summed E-state index contributed by atoms with van der Waals surface area (Å²) in [7, 11) is -3.00. The molecule has 10 heteroatoms. The van der Waals surface area contributed by atoms with Gasteiger partial charge in [0.2, 0.25) is 0 Å². The van der Waals surface area contributed by atoms with Crippen molar-refractivity contribution >= 4 is 32.3 Å². The molecular weight excluding hydrogens is 384 g/mol. The van der Waals surface area contributed by atoms with E-state index in [-0.39, 0.29) is 27.7 Å². The van der Waals surface area contributed by atoms with Crippen molar-refractivity contribution < 1.29 is 18.1 Å². The maximum atomic E-state index is 12.4. The molecule has 3 rings (SSSR count). The standard InChI is InChI=1S/C18H20N4O5S/c1-18(2,3)16-15(17(24)22(4)21-16)20-19-14-11-8-6-5-7-10(11)13(9-12(14)23)28(25,26)27/h5-9,21,23H,1-4H3,(H,25,26,27). The van der Waals surface area contributed by atoms with Gasteiger partial charge < -0.3 is 5.11 Å². The molecule has 0 aliphatic rings. The Morgan fingerprint density at radius 2 is 1.64 bits per heavy atom. The zero-order valence-electron chi connectivity index (χ0n) is 15.8. The molecule has 0 aliphatic heterocycles. The maximum Gasteiger partial charge on any atom is 0.295 e. The second kappa shape index (κ2) is 6.57. The second-order valence-electron chi connectivity index (χ2n) is 7.41. The highest BCUT2D eigenvalue weighted by Crippen LogP contribution is 2.40. The predicted molar refractivity (Wildman–Crippen MR) is 104 cm³/mol. The number of aromatic amines is 1. The monoisotopic (exact) mass is 404 g/mol. The van der Waals surface area contributed by atoms with E-state index < -0.39 is 26.2 Å². The number of aromatic hydroxyl groups is 1. The van der Waals surface area contributed by atoms with Crippen LogP contribution < -0.4 is 5.56 Å². The van der Waals surface area contributed by atoms with E-state index in [0.29, 0.717) is 5.69 Å². The third-order valence-electron chi connectivity index (χ3n) is 4.26. The maximum absolute atomic E-state index is 12.4. The second-order valence-corrected chi connectivity index (χ2v) is 8.80. The van der Waals surface area contributed by atoms with Gasteiger partial charge in [-0.05, 0) is 0 Å². The molecule has 0 bridgehead atoms. The molecule has 3 aromatic rings. The topological polar surface area (TPSA) is 137 Å². The zero-order chi connectivity index (χ0) is 20.9. The third kappa shape index (κ3) is 3.43. The lowest BCUT2D eigenvalue weighted by Gasteiger charge is -2.16. The van der Waals surface area contributed by atoms with Gasteiger partial charge in [-0.25, -0.2) is 0 Å². The molecule has 148 valence electrons. The van der Waals surface area contributed by atoms with Crippen molar-refractivity contribution in [2.24, 2.45) is 17.3 Å². The van der Waals surface area contributed by atoms with Crippen LogP contribution in [0.3, 0.4) is 0 Å². The average molecular weight is 404 g/mol. The highest BCUT2D eigenvalue weighted by atomic mass is 32.2. The highest BCUT2D eigenvalue weighted by molar-refractivity contribution is 7.86. The molecule has 0 saturated heterocycles. The van der Waals surface area contributed by atoms with Gasteiger partial charge in [-0.2, -0.15) is 8.42 Å². The molecule has 2 aromatic carbocycles. The molecular formula is C18H20N4O5S. The van der Waals surface area contributed by atoms with Crippen molar-refractivity contribution in [1.82, 2.24) is 9.78 Å².